The van der Waals surface area contributed by atoms with E-state index in [1.54, 1.807) is 4.90 Å². The minimum absolute atomic E-state index is 0.126. The molecule has 0 spiro atoms. The summed E-state index contributed by atoms with van der Waals surface area (Å²) in [5.74, 6) is -1.67. The van der Waals surface area contributed by atoms with E-state index in [9.17, 15) is 53.8 Å². The lowest BCUT2D eigenvalue weighted by Gasteiger charge is -2.48. The monoisotopic (exact) mass is 624 g/mol. The third-order valence-electron chi connectivity index (χ3n) is 8.10. The Balaban J connectivity index is 1.64. The fourth-order valence-corrected chi connectivity index (χ4v) is 7.80. The lowest BCUT2D eigenvalue weighted by Crippen LogP contribution is -2.58. The van der Waals surface area contributed by atoms with Crippen molar-refractivity contribution in [3.05, 3.63) is 65.5 Å². The average Bonchev–Trinajstić information content (AvgIpc) is 2.89. The Morgan fingerprint density at radius 2 is 1.40 bits per heavy atom. The van der Waals surface area contributed by atoms with E-state index in [-0.39, 0.29) is 35.1 Å². The van der Waals surface area contributed by atoms with Gasteiger partial charge in [0.05, 0.1) is 4.90 Å². The van der Waals surface area contributed by atoms with Gasteiger partial charge in [0.15, 0.2) is 9.84 Å². The van der Waals surface area contributed by atoms with E-state index in [1.165, 1.54) is 6.92 Å². The van der Waals surface area contributed by atoms with Crippen molar-refractivity contribution in [3.8, 4) is 0 Å². The normalized spacial score (nSPS) is 22.4. The highest BCUT2D eigenvalue weighted by molar-refractivity contribution is 7.92. The van der Waals surface area contributed by atoms with Crippen LogP contribution in [-0.2, 0) is 29.8 Å². The van der Waals surface area contributed by atoms with E-state index in [2.05, 4.69) is 5.32 Å². The van der Waals surface area contributed by atoms with Gasteiger partial charge in [-0.05, 0) is 55.5 Å². The van der Waals surface area contributed by atoms with Crippen molar-refractivity contribution >= 4 is 21.7 Å². The Morgan fingerprint density at radius 3 is 1.86 bits per heavy atom. The van der Waals surface area contributed by atoms with Gasteiger partial charge in [0, 0.05) is 37.5 Å². The Hall–Kier alpha value is -3.20. The largest absolute Gasteiger partial charge is 0.430 e. The number of amides is 2. The first-order valence-corrected chi connectivity index (χ1v) is 14.3. The number of benzene rings is 2. The van der Waals surface area contributed by atoms with E-state index >= 15 is 0 Å². The molecule has 0 aromatic heterocycles. The lowest BCUT2D eigenvalue weighted by molar-refractivity contribution is -0.376. The summed E-state index contributed by atoms with van der Waals surface area (Å²) in [6, 6.07) is 5.33. The van der Waals surface area contributed by atoms with E-state index < -0.39 is 55.9 Å². The molecule has 2 fully saturated rings. The molecule has 15 heteroatoms. The molecule has 0 bridgehead atoms. The van der Waals surface area contributed by atoms with E-state index in [4.69, 9.17) is 0 Å². The van der Waals surface area contributed by atoms with Crippen molar-refractivity contribution < 1.29 is 53.8 Å². The molecule has 2 amide bonds. The van der Waals surface area contributed by atoms with E-state index in [0.717, 1.165) is 36.4 Å². The molecule has 7 nitrogen and oxygen atoms in total. The number of rotatable bonds is 6. The van der Waals surface area contributed by atoms with Gasteiger partial charge in [-0.25, -0.2) is 12.8 Å². The molecule has 2 aliphatic rings. The van der Waals surface area contributed by atoms with Gasteiger partial charge in [-0.1, -0.05) is 24.3 Å². The summed E-state index contributed by atoms with van der Waals surface area (Å²) < 4.78 is 119. The molecule has 0 unspecified atom stereocenters. The molecule has 2 aromatic rings. The second-order valence-corrected chi connectivity index (χ2v) is 12.9. The molecule has 1 aliphatic heterocycles. The van der Waals surface area contributed by atoms with Gasteiger partial charge in [-0.15, -0.1) is 0 Å². The van der Waals surface area contributed by atoms with Crippen LogP contribution in [0.25, 0.3) is 0 Å². The van der Waals surface area contributed by atoms with Crippen LogP contribution in [0.3, 0.4) is 0 Å². The van der Waals surface area contributed by atoms with E-state index in [0.29, 0.717) is 38.1 Å². The van der Waals surface area contributed by atoms with Crippen LogP contribution in [0.5, 0.6) is 0 Å². The van der Waals surface area contributed by atoms with Gasteiger partial charge in [0.25, 0.3) is 5.60 Å². The van der Waals surface area contributed by atoms with Gasteiger partial charge in [0.2, 0.25) is 11.8 Å². The summed E-state index contributed by atoms with van der Waals surface area (Å²) in [6.45, 7) is 2.15. The van der Waals surface area contributed by atoms with Gasteiger partial charge >= 0.3 is 12.4 Å². The molecule has 4 rings (SSSR count). The van der Waals surface area contributed by atoms with Crippen LogP contribution in [0.2, 0.25) is 0 Å². The zero-order valence-electron chi connectivity index (χ0n) is 22.1. The van der Waals surface area contributed by atoms with Crippen LogP contribution in [0.15, 0.2) is 53.4 Å². The summed E-state index contributed by atoms with van der Waals surface area (Å²) in [5.41, 5.74) is -6.92. The number of hydrogen-bond acceptors (Lipinski definition) is 5. The molecule has 1 aliphatic carbocycles. The second kappa shape index (κ2) is 10.8. The Bertz CT molecular complexity index is 1410. The number of carbonyl (C=O) groups excluding carboxylic acids is 2. The predicted octanol–water partition coefficient (Wildman–Crippen LogP) is 4.34. The number of piperidine rings is 1. The van der Waals surface area contributed by atoms with Crippen LogP contribution in [0, 0.1) is 11.7 Å². The van der Waals surface area contributed by atoms with Gasteiger partial charge in [-0.3, -0.25) is 9.59 Å². The van der Waals surface area contributed by atoms with Gasteiger partial charge in [0.1, 0.15) is 10.6 Å². The predicted molar refractivity (Wildman–Crippen MR) is 134 cm³/mol. The maximum absolute atomic E-state index is 13.8. The fourth-order valence-electron chi connectivity index (χ4n) is 5.57. The molecule has 0 radical (unpaired) electrons. The quantitative estimate of drug-likeness (QED) is 0.368. The van der Waals surface area contributed by atoms with Crippen LogP contribution in [0.1, 0.15) is 43.7 Å². The molecule has 2 aromatic carbocycles. The number of alkyl halides is 6. The van der Waals surface area contributed by atoms with Crippen LogP contribution >= 0.6 is 0 Å². The molecule has 42 heavy (non-hydrogen) atoms. The standard InChI is InChI=1S/C27H27F7N2O5S/c1-16(37)36-12-10-17(11-13-36)23(38)35-21-14-24(15-21,42(40,41)22-8-6-20(28)7-9-22)18-2-4-19(5-3-18)25(39,26(29,30)31)27(32,33)34/h2-9,17,21,39H,10-15H2,1H3,(H,35,38). The number of halogens is 7. The number of aliphatic hydroxyl groups is 1. The Morgan fingerprint density at radius 1 is 0.905 bits per heavy atom. The highest BCUT2D eigenvalue weighted by Crippen LogP contribution is 2.53. The highest BCUT2D eigenvalue weighted by atomic mass is 32.2. The average molecular weight is 625 g/mol. The number of likely N-dealkylation sites (tertiary alicyclic amines) is 1. The van der Waals surface area contributed by atoms with Crippen molar-refractivity contribution in [1.29, 1.82) is 0 Å². The van der Waals surface area contributed by atoms with Crippen LogP contribution in [0.4, 0.5) is 30.7 Å². The molecule has 1 saturated heterocycles. The van der Waals surface area contributed by atoms with Crippen LogP contribution < -0.4 is 5.32 Å². The molecule has 230 valence electrons. The minimum Gasteiger partial charge on any atom is -0.369 e. The number of hydrogen-bond donors (Lipinski definition) is 2. The second-order valence-electron chi connectivity index (χ2n) is 10.6. The Labute approximate surface area is 236 Å². The smallest absolute Gasteiger partial charge is 0.369 e. The summed E-state index contributed by atoms with van der Waals surface area (Å²) in [4.78, 5) is 25.7. The SMILES string of the molecule is CC(=O)N1CCC(C(=O)NC2CC(c3ccc(C(O)(C(F)(F)F)C(F)(F)F)cc3)(S(=O)(=O)c3ccc(F)cc3)C2)CC1. The number of nitrogens with one attached hydrogen (secondary N) is 1. The van der Waals surface area contributed by atoms with Crippen molar-refractivity contribution in [2.45, 2.75) is 66.2 Å². The topological polar surface area (TPSA) is 104 Å². The molecule has 0 atom stereocenters. The summed E-state index contributed by atoms with van der Waals surface area (Å²) >= 11 is 0. The van der Waals surface area contributed by atoms with Crippen molar-refractivity contribution in [2.75, 3.05) is 13.1 Å². The molecular weight excluding hydrogens is 597 g/mol. The number of carbonyl (C=O) groups is 2. The lowest BCUT2D eigenvalue weighted by atomic mass is 9.74. The first kappa shape index (κ1) is 31.7. The minimum atomic E-state index is -6.13. The molecule has 2 N–H and O–H groups in total. The van der Waals surface area contributed by atoms with Gasteiger partial charge < -0.3 is 15.3 Å². The number of nitrogens with zero attached hydrogens (tertiary/aromatic N) is 1. The maximum atomic E-state index is 13.8. The first-order valence-electron chi connectivity index (χ1n) is 12.9. The van der Waals surface area contributed by atoms with E-state index in [1.807, 2.05) is 0 Å². The fraction of sp³-hybridized carbons (Fsp3) is 0.481. The molecular formula is C27H27F7N2O5S. The first-order chi connectivity index (χ1) is 19.3. The summed E-state index contributed by atoms with van der Waals surface area (Å²) in [6.07, 6.45) is -12.0. The summed E-state index contributed by atoms with van der Waals surface area (Å²) in [7, 11) is -4.42. The van der Waals surface area contributed by atoms with Crippen LogP contribution in [-0.4, -0.2) is 61.7 Å². The zero-order chi connectivity index (χ0) is 31.3. The zero-order valence-corrected chi connectivity index (χ0v) is 22.9. The molecule has 1 saturated carbocycles. The highest BCUT2D eigenvalue weighted by Gasteiger charge is 2.71. The number of sulfone groups is 1. The van der Waals surface area contributed by atoms with Crippen molar-refractivity contribution in [2.24, 2.45) is 5.92 Å². The summed E-state index contributed by atoms with van der Waals surface area (Å²) in [5, 5.41) is 12.5. The maximum Gasteiger partial charge on any atom is 0.430 e. The molecule has 1 heterocycles. The van der Waals surface area contributed by atoms with Crippen molar-refractivity contribution in [1.82, 2.24) is 10.2 Å². The Kier molecular flexibility index (Phi) is 8.17. The van der Waals surface area contributed by atoms with Gasteiger partial charge in [-0.2, -0.15) is 26.3 Å². The third-order valence-corrected chi connectivity index (χ3v) is 10.6. The van der Waals surface area contributed by atoms with Crippen molar-refractivity contribution in [3.63, 3.8) is 0 Å². The third kappa shape index (κ3) is 5.36.